The maximum Gasteiger partial charge on any atom is 0.0177 e. The summed E-state index contributed by atoms with van der Waals surface area (Å²) in [5, 5.41) is 4.17. The fourth-order valence-electron chi connectivity index (χ4n) is 6.50. The third kappa shape index (κ3) is 1.76. The van der Waals surface area contributed by atoms with Crippen LogP contribution in [-0.4, -0.2) is 36.1 Å². The standard InChI is InChI=1S/C18H32N2/c1-17(2)12-7-8-18(3,11-12)16(17)19-13-9-14-5-6-15(10-13)20(14)4/h12-16,19H,5-11H2,1-4H3. The Morgan fingerprint density at radius 2 is 1.65 bits per heavy atom. The molecule has 2 nitrogen and oxygen atoms in total. The Kier molecular flexibility index (Phi) is 2.87. The van der Waals surface area contributed by atoms with Crippen LogP contribution in [0.1, 0.15) is 65.7 Å². The number of hydrogen-bond acceptors (Lipinski definition) is 2. The molecule has 0 amide bonds. The summed E-state index contributed by atoms with van der Waals surface area (Å²) in [6, 6.07) is 3.26. The Bertz CT molecular complexity index is 385. The van der Waals surface area contributed by atoms with E-state index in [1.807, 2.05) is 0 Å². The lowest BCUT2D eigenvalue weighted by atomic mass is 9.68. The fraction of sp³-hybridized carbons (Fsp3) is 1.00. The van der Waals surface area contributed by atoms with Crippen LogP contribution in [0.15, 0.2) is 0 Å². The van der Waals surface area contributed by atoms with E-state index in [-0.39, 0.29) is 0 Å². The molecule has 4 aliphatic rings. The molecule has 5 atom stereocenters. The largest absolute Gasteiger partial charge is 0.310 e. The molecule has 5 unspecified atom stereocenters. The van der Waals surface area contributed by atoms with Gasteiger partial charge in [-0.2, -0.15) is 0 Å². The lowest BCUT2D eigenvalue weighted by molar-refractivity contribution is 0.0719. The summed E-state index contributed by atoms with van der Waals surface area (Å²) in [6.45, 7) is 7.62. The van der Waals surface area contributed by atoms with Crippen LogP contribution < -0.4 is 5.32 Å². The molecule has 0 radical (unpaired) electrons. The third-order valence-electron chi connectivity index (χ3n) is 7.77. The number of nitrogens with zero attached hydrogens (tertiary/aromatic N) is 1. The lowest BCUT2D eigenvalue weighted by Crippen LogP contribution is -2.57. The van der Waals surface area contributed by atoms with Crippen molar-refractivity contribution in [2.75, 3.05) is 7.05 Å². The SMILES string of the molecule is CN1C2CCC1CC(NC1C3(C)CCC(C3)C1(C)C)C2. The van der Waals surface area contributed by atoms with Crippen molar-refractivity contribution >= 4 is 0 Å². The Hall–Kier alpha value is -0.0800. The minimum atomic E-state index is 0.509. The highest BCUT2D eigenvalue weighted by molar-refractivity contribution is 5.13. The van der Waals surface area contributed by atoms with Gasteiger partial charge in [0.15, 0.2) is 0 Å². The summed E-state index contributed by atoms with van der Waals surface area (Å²) >= 11 is 0. The van der Waals surface area contributed by atoms with Crippen LogP contribution in [0.25, 0.3) is 0 Å². The molecule has 0 aromatic rings. The maximum absolute atomic E-state index is 4.17. The molecule has 0 spiro atoms. The first-order valence-electron chi connectivity index (χ1n) is 8.88. The second kappa shape index (κ2) is 4.23. The van der Waals surface area contributed by atoms with E-state index in [1.54, 1.807) is 0 Å². The van der Waals surface area contributed by atoms with E-state index >= 15 is 0 Å². The van der Waals surface area contributed by atoms with Crippen molar-refractivity contribution in [3.8, 4) is 0 Å². The Balaban J connectivity index is 1.50. The first-order chi connectivity index (χ1) is 9.40. The maximum atomic E-state index is 4.17. The summed E-state index contributed by atoms with van der Waals surface area (Å²) in [5.74, 6) is 0.966. The Morgan fingerprint density at radius 1 is 1.00 bits per heavy atom. The van der Waals surface area contributed by atoms with E-state index in [2.05, 4.69) is 38.0 Å². The highest BCUT2D eigenvalue weighted by atomic mass is 15.2. The van der Waals surface area contributed by atoms with Gasteiger partial charge in [0.25, 0.3) is 0 Å². The van der Waals surface area contributed by atoms with Crippen LogP contribution >= 0.6 is 0 Å². The number of hydrogen-bond donors (Lipinski definition) is 1. The van der Waals surface area contributed by atoms with Gasteiger partial charge in [0.05, 0.1) is 0 Å². The van der Waals surface area contributed by atoms with Gasteiger partial charge in [-0.1, -0.05) is 20.8 Å². The van der Waals surface area contributed by atoms with E-state index in [1.165, 1.54) is 44.9 Å². The normalized spacial score (nSPS) is 53.7. The molecule has 1 N–H and O–H groups in total. The predicted molar refractivity (Wildman–Crippen MR) is 83.7 cm³/mol. The quantitative estimate of drug-likeness (QED) is 0.831. The zero-order valence-electron chi connectivity index (χ0n) is 13.8. The second-order valence-corrected chi connectivity index (χ2v) is 9.23. The molecule has 0 aromatic carbocycles. The van der Waals surface area contributed by atoms with Crippen LogP contribution in [0.3, 0.4) is 0 Å². The molecule has 0 aromatic heterocycles. The minimum Gasteiger partial charge on any atom is -0.310 e. The Morgan fingerprint density at radius 3 is 2.20 bits per heavy atom. The van der Waals surface area contributed by atoms with Gasteiger partial charge in [0.2, 0.25) is 0 Å². The first-order valence-corrected chi connectivity index (χ1v) is 8.88. The minimum absolute atomic E-state index is 0.509. The molecule has 2 saturated carbocycles. The monoisotopic (exact) mass is 276 g/mol. The molecule has 2 aliphatic heterocycles. The van der Waals surface area contributed by atoms with Crippen molar-refractivity contribution in [2.24, 2.45) is 16.7 Å². The second-order valence-electron chi connectivity index (χ2n) is 9.23. The summed E-state index contributed by atoms with van der Waals surface area (Å²) in [4.78, 5) is 2.66. The molecule has 20 heavy (non-hydrogen) atoms. The van der Waals surface area contributed by atoms with Gasteiger partial charge in [0, 0.05) is 24.2 Å². The third-order valence-corrected chi connectivity index (χ3v) is 7.77. The van der Waals surface area contributed by atoms with Crippen LogP contribution in [0.2, 0.25) is 0 Å². The van der Waals surface area contributed by atoms with E-state index in [9.17, 15) is 0 Å². The number of fused-ring (bicyclic) bond motifs is 4. The van der Waals surface area contributed by atoms with E-state index in [0.717, 1.165) is 30.1 Å². The zero-order valence-corrected chi connectivity index (χ0v) is 13.8. The molecule has 2 heterocycles. The van der Waals surface area contributed by atoms with E-state index in [4.69, 9.17) is 0 Å². The predicted octanol–water partition coefficient (Wildman–Crippen LogP) is 3.42. The van der Waals surface area contributed by atoms with Crippen LogP contribution in [0.4, 0.5) is 0 Å². The smallest absolute Gasteiger partial charge is 0.0177 e. The summed E-state index contributed by atoms with van der Waals surface area (Å²) in [7, 11) is 2.35. The van der Waals surface area contributed by atoms with Gasteiger partial charge in [0.1, 0.15) is 0 Å². The zero-order chi connectivity index (χ0) is 14.1. The molecular weight excluding hydrogens is 244 g/mol. The van der Waals surface area contributed by atoms with Crippen molar-refractivity contribution in [3.05, 3.63) is 0 Å². The molecule has 114 valence electrons. The van der Waals surface area contributed by atoms with Gasteiger partial charge in [-0.15, -0.1) is 0 Å². The molecule has 2 saturated heterocycles. The fourth-order valence-corrected chi connectivity index (χ4v) is 6.50. The molecule has 4 bridgehead atoms. The van der Waals surface area contributed by atoms with Gasteiger partial charge in [-0.05, 0) is 68.7 Å². The number of rotatable bonds is 2. The van der Waals surface area contributed by atoms with E-state index in [0.29, 0.717) is 10.8 Å². The summed E-state index contributed by atoms with van der Waals surface area (Å²) < 4.78 is 0. The van der Waals surface area contributed by atoms with Crippen molar-refractivity contribution in [1.82, 2.24) is 10.2 Å². The van der Waals surface area contributed by atoms with Crippen LogP contribution in [-0.2, 0) is 0 Å². The average Bonchev–Trinajstić information content (AvgIpc) is 2.91. The van der Waals surface area contributed by atoms with Crippen molar-refractivity contribution in [3.63, 3.8) is 0 Å². The summed E-state index contributed by atoms with van der Waals surface area (Å²) in [5.41, 5.74) is 1.09. The molecular formula is C18H32N2. The van der Waals surface area contributed by atoms with Gasteiger partial charge in [-0.3, -0.25) is 0 Å². The van der Waals surface area contributed by atoms with Crippen molar-refractivity contribution < 1.29 is 0 Å². The number of piperidine rings is 1. The number of nitrogens with one attached hydrogen (secondary N) is 1. The topological polar surface area (TPSA) is 15.3 Å². The molecule has 4 rings (SSSR count). The van der Waals surface area contributed by atoms with Crippen LogP contribution in [0.5, 0.6) is 0 Å². The average molecular weight is 276 g/mol. The van der Waals surface area contributed by atoms with E-state index < -0.39 is 0 Å². The molecule has 2 aliphatic carbocycles. The van der Waals surface area contributed by atoms with Crippen LogP contribution in [0, 0.1) is 16.7 Å². The van der Waals surface area contributed by atoms with Crippen molar-refractivity contribution in [1.29, 1.82) is 0 Å². The van der Waals surface area contributed by atoms with Gasteiger partial charge in [-0.25, -0.2) is 0 Å². The van der Waals surface area contributed by atoms with Gasteiger partial charge < -0.3 is 10.2 Å². The highest BCUT2D eigenvalue weighted by Crippen LogP contribution is 2.62. The highest BCUT2D eigenvalue weighted by Gasteiger charge is 2.59. The van der Waals surface area contributed by atoms with Gasteiger partial charge >= 0.3 is 0 Å². The summed E-state index contributed by atoms with van der Waals surface area (Å²) in [6.07, 6.45) is 10.1. The molecule has 4 fully saturated rings. The molecule has 2 heteroatoms. The lowest BCUT2D eigenvalue weighted by Gasteiger charge is -2.47. The van der Waals surface area contributed by atoms with Crippen molar-refractivity contribution in [2.45, 2.75) is 89.9 Å². The first kappa shape index (κ1) is 13.6. The Labute approximate surface area is 124 Å².